The van der Waals surface area contributed by atoms with Crippen molar-refractivity contribution in [1.82, 2.24) is 20.1 Å². The predicted molar refractivity (Wildman–Crippen MR) is 106 cm³/mol. The highest BCUT2D eigenvalue weighted by molar-refractivity contribution is 9.10. The monoisotopic (exact) mass is 430 g/mol. The number of benzene rings is 1. The van der Waals surface area contributed by atoms with E-state index in [0.29, 0.717) is 17.2 Å². The lowest BCUT2D eigenvalue weighted by Crippen LogP contribution is -2.34. The Bertz CT molecular complexity index is 846. The third kappa shape index (κ3) is 3.66. The van der Waals surface area contributed by atoms with E-state index < -0.39 is 0 Å². The number of halogens is 1. The van der Waals surface area contributed by atoms with Crippen LogP contribution < -0.4 is 15.0 Å². The van der Waals surface area contributed by atoms with Crippen LogP contribution in [0.15, 0.2) is 22.9 Å². The van der Waals surface area contributed by atoms with Crippen molar-refractivity contribution in [2.24, 2.45) is 7.05 Å². The van der Waals surface area contributed by atoms with E-state index in [-0.39, 0.29) is 6.10 Å². The Hall–Kier alpha value is -2.11. The number of aryl methyl sites for hydroxylation is 1. The normalized spacial score (nSPS) is 20.6. The molecule has 0 aliphatic carbocycles. The van der Waals surface area contributed by atoms with Gasteiger partial charge in [-0.25, -0.2) is 0 Å². The molecule has 0 bridgehead atoms. The van der Waals surface area contributed by atoms with Crippen molar-refractivity contribution >= 4 is 21.6 Å². The molecule has 2 aliphatic heterocycles. The van der Waals surface area contributed by atoms with Gasteiger partial charge in [0.1, 0.15) is 35.6 Å². The standard InChI is InChI=1S/C19H23BrN6O/c1-25-12-23-24-19(25)13-5-8-26(9-6-13)18-15(10-21)17(3-2-16(18)20)27-14-4-7-22-11-14/h2-3,12-14,22H,4-9,11H2,1H3. The topological polar surface area (TPSA) is 79.0 Å². The van der Waals surface area contributed by atoms with Gasteiger partial charge in [0, 0.05) is 37.1 Å². The molecule has 0 spiro atoms. The molecule has 142 valence electrons. The summed E-state index contributed by atoms with van der Waals surface area (Å²) in [7, 11) is 1.99. The van der Waals surface area contributed by atoms with Gasteiger partial charge in [-0.3, -0.25) is 0 Å². The van der Waals surface area contributed by atoms with Gasteiger partial charge in [-0.05, 0) is 53.9 Å². The predicted octanol–water partition coefficient (Wildman–Crippen LogP) is 2.57. The zero-order chi connectivity index (χ0) is 18.8. The minimum Gasteiger partial charge on any atom is -0.488 e. The fourth-order valence-electron chi connectivity index (χ4n) is 3.99. The number of nitriles is 1. The largest absolute Gasteiger partial charge is 0.488 e. The minimum absolute atomic E-state index is 0.132. The number of hydrogen-bond acceptors (Lipinski definition) is 6. The molecule has 2 aromatic rings. The van der Waals surface area contributed by atoms with Gasteiger partial charge in [-0.1, -0.05) is 0 Å². The van der Waals surface area contributed by atoms with Gasteiger partial charge in [-0.15, -0.1) is 10.2 Å². The summed E-state index contributed by atoms with van der Waals surface area (Å²) in [6.07, 6.45) is 4.83. The Labute approximate surface area is 167 Å². The molecule has 1 aromatic heterocycles. The first-order chi connectivity index (χ1) is 13.2. The summed E-state index contributed by atoms with van der Waals surface area (Å²) < 4.78 is 9.06. The molecule has 1 unspecified atom stereocenters. The van der Waals surface area contributed by atoms with Crippen molar-refractivity contribution in [3.05, 3.63) is 34.3 Å². The molecule has 0 amide bonds. The first-order valence-electron chi connectivity index (χ1n) is 9.36. The van der Waals surface area contributed by atoms with Crippen LogP contribution in [-0.2, 0) is 7.05 Å². The second-order valence-corrected chi connectivity index (χ2v) is 8.03. The molecule has 3 heterocycles. The van der Waals surface area contributed by atoms with Gasteiger partial charge >= 0.3 is 0 Å². The van der Waals surface area contributed by atoms with Crippen molar-refractivity contribution in [3.63, 3.8) is 0 Å². The number of piperidine rings is 1. The van der Waals surface area contributed by atoms with E-state index in [9.17, 15) is 5.26 Å². The highest BCUT2D eigenvalue weighted by Crippen LogP contribution is 2.39. The van der Waals surface area contributed by atoms with E-state index in [0.717, 1.165) is 61.4 Å². The number of nitrogens with zero attached hydrogens (tertiary/aromatic N) is 5. The molecule has 1 aromatic carbocycles. The zero-order valence-electron chi connectivity index (χ0n) is 15.4. The molecule has 1 N–H and O–H groups in total. The first kappa shape index (κ1) is 18.3. The summed E-state index contributed by atoms with van der Waals surface area (Å²) in [6, 6.07) is 6.27. The van der Waals surface area contributed by atoms with Gasteiger partial charge in [0.2, 0.25) is 0 Å². The van der Waals surface area contributed by atoms with E-state index in [1.54, 1.807) is 6.33 Å². The molecule has 2 aliphatic rings. The third-order valence-corrected chi connectivity index (χ3v) is 6.07. The first-order valence-corrected chi connectivity index (χ1v) is 10.2. The minimum atomic E-state index is 0.132. The van der Waals surface area contributed by atoms with Crippen molar-refractivity contribution < 1.29 is 4.74 Å². The summed E-state index contributed by atoms with van der Waals surface area (Å²) in [6.45, 7) is 3.54. The average Bonchev–Trinajstić information content (AvgIpc) is 3.35. The van der Waals surface area contributed by atoms with Crippen LogP contribution in [0, 0.1) is 11.3 Å². The summed E-state index contributed by atoms with van der Waals surface area (Å²) in [5, 5.41) is 21.4. The average molecular weight is 431 g/mol. The number of nitrogens with one attached hydrogen (secondary N) is 1. The fraction of sp³-hybridized carbons (Fsp3) is 0.526. The zero-order valence-corrected chi connectivity index (χ0v) is 16.9. The molecule has 4 rings (SSSR count). The summed E-state index contributed by atoms with van der Waals surface area (Å²) in [5.41, 5.74) is 1.56. The molecule has 2 saturated heterocycles. The molecule has 1 atom stereocenters. The number of ether oxygens (including phenoxy) is 1. The maximum atomic E-state index is 9.85. The lowest BCUT2D eigenvalue weighted by Gasteiger charge is -2.34. The van der Waals surface area contributed by atoms with Crippen LogP contribution in [0.5, 0.6) is 5.75 Å². The van der Waals surface area contributed by atoms with Gasteiger partial charge in [-0.2, -0.15) is 5.26 Å². The summed E-state index contributed by atoms with van der Waals surface area (Å²) in [4.78, 5) is 2.29. The number of aromatic nitrogens is 3. The number of anilines is 1. The molecule has 0 saturated carbocycles. The van der Waals surface area contributed by atoms with Crippen LogP contribution in [-0.4, -0.2) is 47.0 Å². The highest BCUT2D eigenvalue weighted by Gasteiger charge is 2.28. The second-order valence-electron chi connectivity index (χ2n) is 7.17. The molecule has 27 heavy (non-hydrogen) atoms. The van der Waals surface area contributed by atoms with Gasteiger partial charge in [0.05, 0.1) is 5.69 Å². The Morgan fingerprint density at radius 3 is 2.74 bits per heavy atom. The smallest absolute Gasteiger partial charge is 0.139 e. The van der Waals surface area contributed by atoms with Crippen LogP contribution >= 0.6 is 15.9 Å². The van der Waals surface area contributed by atoms with Crippen molar-refractivity contribution in [2.45, 2.75) is 31.3 Å². The van der Waals surface area contributed by atoms with E-state index in [1.807, 2.05) is 23.7 Å². The fourth-order valence-corrected chi connectivity index (χ4v) is 4.58. The lowest BCUT2D eigenvalue weighted by molar-refractivity contribution is 0.222. The van der Waals surface area contributed by atoms with E-state index in [4.69, 9.17) is 4.74 Å². The Morgan fingerprint density at radius 2 is 2.11 bits per heavy atom. The summed E-state index contributed by atoms with van der Waals surface area (Å²) >= 11 is 3.65. The van der Waals surface area contributed by atoms with E-state index in [1.165, 1.54) is 0 Å². The Kier molecular flexibility index (Phi) is 5.32. The van der Waals surface area contributed by atoms with Crippen LogP contribution in [0.1, 0.15) is 36.6 Å². The van der Waals surface area contributed by atoms with Crippen LogP contribution in [0.25, 0.3) is 0 Å². The van der Waals surface area contributed by atoms with Crippen LogP contribution in [0.4, 0.5) is 5.69 Å². The van der Waals surface area contributed by atoms with Gasteiger partial charge < -0.3 is 19.5 Å². The van der Waals surface area contributed by atoms with Crippen molar-refractivity contribution in [1.29, 1.82) is 5.26 Å². The molecule has 0 radical (unpaired) electrons. The van der Waals surface area contributed by atoms with Crippen LogP contribution in [0.3, 0.4) is 0 Å². The lowest BCUT2D eigenvalue weighted by atomic mass is 9.95. The van der Waals surface area contributed by atoms with E-state index >= 15 is 0 Å². The van der Waals surface area contributed by atoms with Crippen molar-refractivity contribution in [2.75, 3.05) is 31.1 Å². The maximum Gasteiger partial charge on any atom is 0.139 e. The molecule has 8 heteroatoms. The quantitative estimate of drug-likeness (QED) is 0.802. The molecule has 7 nitrogen and oxygen atoms in total. The molecular formula is C19H23BrN6O. The Morgan fingerprint density at radius 1 is 1.30 bits per heavy atom. The van der Waals surface area contributed by atoms with Crippen LogP contribution in [0.2, 0.25) is 0 Å². The Balaban J connectivity index is 1.54. The van der Waals surface area contributed by atoms with Gasteiger partial charge in [0.15, 0.2) is 0 Å². The third-order valence-electron chi connectivity index (χ3n) is 5.43. The maximum absolute atomic E-state index is 9.85. The summed E-state index contributed by atoms with van der Waals surface area (Å²) in [5.74, 6) is 2.13. The van der Waals surface area contributed by atoms with Gasteiger partial charge in [0.25, 0.3) is 0 Å². The van der Waals surface area contributed by atoms with E-state index in [2.05, 4.69) is 42.4 Å². The molecule has 2 fully saturated rings. The number of rotatable bonds is 4. The molecular weight excluding hydrogens is 408 g/mol. The number of hydrogen-bond donors (Lipinski definition) is 1. The second kappa shape index (κ2) is 7.87. The SMILES string of the molecule is Cn1cnnc1C1CCN(c2c(Br)ccc(OC3CCNC3)c2C#N)CC1. The van der Waals surface area contributed by atoms with Crippen molar-refractivity contribution in [3.8, 4) is 11.8 Å². The highest BCUT2D eigenvalue weighted by atomic mass is 79.9.